The molecule has 0 heterocycles. The van der Waals surface area contributed by atoms with E-state index in [1.54, 1.807) is 26.7 Å². The maximum atomic E-state index is 10.6. The molecule has 0 aromatic rings. The van der Waals surface area contributed by atoms with Crippen LogP contribution in [0.3, 0.4) is 0 Å². The van der Waals surface area contributed by atoms with Crippen molar-refractivity contribution in [2.24, 2.45) is 0 Å². The van der Waals surface area contributed by atoms with Gasteiger partial charge in [-0.15, -0.1) is 0 Å². The van der Waals surface area contributed by atoms with Crippen molar-refractivity contribution >= 4 is 38.2 Å². The van der Waals surface area contributed by atoms with E-state index in [1.165, 1.54) is 0 Å². The molecule has 0 aliphatic rings. The van der Waals surface area contributed by atoms with Crippen LogP contribution in [0.25, 0.3) is 0 Å². The first kappa shape index (κ1) is 37.1. The topological polar surface area (TPSA) is 52.6 Å². The van der Waals surface area contributed by atoms with E-state index in [4.69, 9.17) is 9.26 Å². The Morgan fingerprint density at radius 3 is 1.26 bits per heavy atom. The Bertz CT molecular complexity index is 195. The molecule has 0 aromatic heterocycles. The fourth-order valence-corrected chi connectivity index (χ4v) is 1.14. The second kappa shape index (κ2) is 27.8. The Balaban J connectivity index is -0.0000000320. The molecule has 0 aliphatic heterocycles. The summed E-state index contributed by atoms with van der Waals surface area (Å²) >= 11 is 0. The normalized spacial score (nSPS) is 7.95. The maximum absolute atomic E-state index is 10.6. The molecule has 0 aliphatic carbocycles. The van der Waals surface area contributed by atoms with Gasteiger partial charge in [-0.2, -0.15) is 0 Å². The molecule has 0 rings (SSSR count). The standard InChI is InChI=1S/C4H11O2P.C4H10O.C2H6OP.CH3.BrH.Mg/c1-4-6-7(2,3)5;1-3-5-4-2;1-4(2)3;;;/h4H2,1-3H3;3-4H2,1-2H3;1-2H3;1H3;1H;/q;;+1;-1;;+2/p-1. The predicted molar refractivity (Wildman–Crippen MR) is 84.9 cm³/mol. The van der Waals surface area contributed by atoms with Gasteiger partial charge in [0.25, 0.3) is 0 Å². The smallest absolute Gasteiger partial charge is 1.00 e. The van der Waals surface area contributed by atoms with E-state index in [0.29, 0.717) is 6.61 Å². The van der Waals surface area contributed by atoms with E-state index in [-0.39, 0.29) is 47.5 Å². The van der Waals surface area contributed by atoms with Crippen molar-refractivity contribution < 1.29 is 35.4 Å². The zero-order chi connectivity index (χ0) is 13.6. The van der Waals surface area contributed by atoms with Gasteiger partial charge in [-0.3, -0.25) is 4.57 Å². The minimum atomic E-state index is -2.17. The SMILES string of the molecule is CCOCC.CCOP(C)(C)=O.C[P+](C)=O.[Br-].[CH3-].[Mg+2]. The summed E-state index contributed by atoms with van der Waals surface area (Å²) in [5.41, 5.74) is 0. The summed E-state index contributed by atoms with van der Waals surface area (Å²) < 4.78 is 29.8. The number of halogens is 1. The molecule has 116 valence electrons. The quantitative estimate of drug-likeness (QED) is 0.403. The van der Waals surface area contributed by atoms with Crippen LogP contribution in [-0.4, -0.2) is 69.5 Å². The Hall–Kier alpha value is 1.50. The summed E-state index contributed by atoms with van der Waals surface area (Å²) in [6.45, 7) is 14.6. The second-order valence-electron chi connectivity index (χ2n) is 3.26. The van der Waals surface area contributed by atoms with Gasteiger partial charge in [0, 0.05) is 26.5 Å². The van der Waals surface area contributed by atoms with Gasteiger partial charge in [-0.05, 0) is 20.8 Å². The summed E-state index contributed by atoms with van der Waals surface area (Å²) in [6, 6.07) is 0. The van der Waals surface area contributed by atoms with E-state index in [0.717, 1.165) is 13.2 Å². The summed E-state index contributed by atoms with van der Waals surface area (Å²) in [6.07, 6.45) is 0. The number of hydrogen-bond donors (Lipinski definition) is 0. The molecule has 8 heteroatoms. The van der Waals surface area contributed by atoms with Crippen LogP contribution in [0.5, 0.6) is 0 Å². The minimum Gasteiger partial charge on any atom is -1.00 e. The molecule has 0 N–H and O–H groups in total. The molecular formula is C11H30BrMgO4P2+. The molecule has 0 unspecified atom stereocenters. The van der Waals surface area contributed by atoms with Crippen LogP contribution >= 0.6 is 15.2 Å². The summed E-state index contributed by atoms with van der Waals surface area (Å²) in [4.78, 5) is 0. The van der Waals surface area contributed by atoms with Crippen LogP contribution < -0.4 is 17.0 Å². The molecular weight excluding hydrogens is 362 g/mol. The average Bonchev–Trinajstić information content (AvgIpc) is 2.03. The Kier molecular flexibility index (Phi) is 54.2. The van der Waals surface area contributed by atoms with E-state index in [1.807, 2.05) is 20.8 Å². The van der Waals surface area contributed by atoms with Crippen molar-refractivity contribution in [1.29, 1.82) is 0 Å². The Labute approximate surface area is 147 Å². The number of hydrogen-bond acceptors (Lipinski definition) is 4. The van der Waals surface area contributed by atoms with E-state index in [9.17, 15) is 9.13 Å². The zero-order valence-electron chi connectivity index (χ0n) is 13.7. The third kappa shape index (κ3) is 106. The molecule has 0 saturated carbocycles. The molecule has 4 nitrogen and oxygen atoms in total. The van der Waals surface area contributed by atoms with Gasteiger partial charge < -0.3 is 33.7 Å². The largest absolute Gasteiger partial charge is 2.00 e. The fourth-order valence-electron chi connectivity index (χ4n) is 0.515. The Morgan fingerprint density at radius 1 is 1.00 bits per heavy atom. The summed E-state index contributed by atoms with van der Waals surface area (Å²) in [7, 11) is -3.04. The van der Waals surface area contributed by atoms with E-state index >= 15 is 0 Å². The predicted octanol–water partition coefficient (Wildman–Crippen LogP) is 0.750. The molecule has 0 aromatic carbocycles. The van der Waals surface area contributed by atoms with Crippen LogP contribution in [-0.2, 0) is 18.4 Å². The van der Waals surface area contributed by atoms with Crippen molar-refractivity contribution in [3.8, 4) is 0 Å². The van der Waals surface area contributed by atoms with Crippen molar-refractivity contribution in [2.75, 3.05) is 46.5 Å². The van der Waals surface area contributed by atoms with Crippen LogP contribution in [0.1, 0.15) is 20.8 Å². The fraction of sp³-hybridized carbons (Fsp3) is 0.909. The number of ether oxygens (including phenoxy) is 1. The summed E-state index contributed by atoms with van der Waals surface area (Å²) in [5.74, 6) is 0. The van der Waals surface area contributed by atoms with Gasteiger partial charge in [-0.25, -0.2) is 0 Å². The molecule has 0 saturated heterocycles. The monoisotopic (exact) mass is 391 g/mol. The third-order valence-corrected chi connectivity index (χ3v) is 1.73. The molecule has 0 radical (unpaired) electrons. The molecule has 0 atom stereocenters. The minimum absolute atomic E-state index is 0. The van der Waals surface area contributed by atoms with Crippen LogP contribution in [0.2, 0.25) is 0 Å². The Morgan fingerprint density at radius 2 is 1.26 bits per heavy atom. The first-order valence-corrected chi connectivity index (χ1v) is 10.00. The first-order chi connectivity index (χ1) is 7.21. The van der Waals surface area contributed by atoms with Gasteiger partial charge in [0.1, 0.15) is 13.3 Å². The zero-order valence-corrected chi connectivity index (χ0v) is 18.5. The molecule has 0 fully saturated rings. The summed E-state index contributed by atoms with van der Waals surface area (Å²) in [5, 5.41) is 0. The third-order valence-electron chi connectivity index (χ3n) is 0.848. The van der Waals surface area contributed by atoms with E-state index < -0.39 is 15.2 Å². The van der Waals surface area contributed by atoms with Crippen LogP contribution in [0.4, 0.5) is 0 Å². The van der Waals surface area contributed by atoms with Gasteiger partial charge >= 0.3 is 30.9 Å². The first-order valence-electron chi connectivity index (χ1n) is 5.32. The molecule has 0 amide bonds. The van der Waals surface area contributed by atoms with Crippen LogP contribution in [0.15, 0.2) is 0 Å². The molecule has 0 spiro atoms. The number of rotatable bonds is 4. The maximum Gasteiger partial charge on any atom is 2.00 e. The van der Waals surface area contributed by atoms with Gasteiger partial charge in [0.2, 0.25) is 0 Å². The van der Waals surface area contributed by atoms with Gasteiger partial charge in [0.15, 0.2) is 7.37 Å². The van der Waals surface area contributed by atoms with Crippen molar-refractivity contribution in [3.63, 3.8) is 0 Å². The second-order valence-corrected chi connectivity index (χ2v) is 7.65. The molecule has 0 bridgehead atoms. The van der Waals surface area contributed by atoms with E-state index in [2.05, 4.69) is 0 Å². The van der Waals surface area contributed by atoms with Crippen molar-refractivity contribution in [2.45, 2.75) is 20.8 Å². The molecule has 19 heavy (non-hydrogen) atoms. The van der Waals surface area contributed by atoms with Crippen molar-refractivity contribution in [1.82, 2.24) is 0 Å². The average molecular weight is 393 g/mol. The van der Waals surface area contributed by atoms with Gasteiger partial charge in [-0.1, -0.05) is 4.57 Å². The van der Waals surface area contributed by atoms with Crippen LogP contribution in [0, 0.1) is 7.43 Å². The van der Waals surface area contributed by atoms with Crippen molar-refractivity contribution in [3.05, 3.63) is 7.43 Å². The van der Waals surface area contributed by atoms with Gasteiger partial charge in [0.05, 0.1) is 6.61 Å².